The lowest BCUT2D eigenvalue weighted by Crippen LogP contribution is -2.08. The molecule has 4 heteroatoms. The van der Waals surface area contributed by atoms with Gasteiger partial charge in [-0.05, 0) is 18.2 Å². The topological polar surface area (TPSA) is 36.9 Å². The Bertz CT molecular complexity index is 749. The summed E-state index contributed by atoms with van der Waals surface area (Å²) in [5, 5.41) is 0. The maximum atomic E-state index is 5.83. The van der Waals surface area contributed by atoms with Gasteiger partial charge >= 0.3 is 0 Å². The van der Waals surface area contributed by atoms with Crippen molar-refractivity contribution >= 4 is 5.57 Å². The maximum Gasteiger partial charge on any atom is 0.134 e. The fraction of sp³-hybridized carbons (Fsp3) is 0.263. The first-order chi connectivity index (χ1) is 11.2. The van der Waals surface area contributed by atoms with Gasteiger partial charge in [-0.15, -0.1) is 0 Å². The van der Waals surface area contributed by atoms with E-state index in [-0.39, 0.29) is 5.92 Å². The van der Waals surface area contributed by atoms with Crippen LogP contribution in [-0.2, 0) is 0 Å². The lowest BCUT2D eigenvalue weighted by molar-refractivity contribution is 0.392. The predicted octanol–water partition coefficient (Wildman–Crippen LogP) is 4.25. The Kier molecular flexibility index (Phi) is 4.15. The van der Waals surface area contributed by atoms with Crippen LogP contribution in [0.25, 0.3) is 5.57 Å². The monoisotopic (exact) mass is 312 g/mol. The van der Waals surface area contributed by atoms with E-state index in [1.165, 1.54) is 0 Å². The van der Waals surface area contributed by atoms with Crippen LogP contribution in [0, 0.1) is 0 Å². The summed E-state index contributed by atoms with van der Waals surface area (Å²) in [4.78, 5) is 0. The number of ether oxygens (including phenoxy) is 4. The lowest BCUT2D eigenvalue weighted by Gasteiger charge is -2.25. The normalized spacial score (nSPS) is 16.0. The van der Waals surface area contributed by atoms with Gasteiger partial charge in [0.05, 0.1) is 27.6 Å². The van der Waals surface area contributed by atoms with Gasteiger partial charge in [-0.1, -0.05) is 13.0 Å². The minimum atomic E-state index is 0.187. The zero-order chi connectivity index (χ0) is 16.4. The van der Waals surface area contributed by atoms with E-state index in [2.05, 4.69) is 6.92 Å². The van der Waals surface area contributed by atoms with Crippen LogP contribution < -0.4 is 18.9 Å². The van der Waals surface area contributed by atoms with Crippen LogP contribution in [0.1, 0.15) is 24.0 Å². The van der Waals surface area contributed by atoms with Gasteiger partial charge in [0.1, 0.15) is 23.0 Å². The highest BCUT2D eigenvalue weighted by Gasteiger charge is 2.25. The Morgan fingerprint density at radius 3 is 2.26 bits per heavy atom. The van der Waals surface area contributed by atoms with Crippen molar-refractivity contribution in [1.82, 2.24) is 0 Å². The van der Waals surface area contributed by atoms with Crippen molar-refractivity contribution in [3.63, 3.8) is 0 Å². The molecule has 0 spiro atoms. The average molecular weight is 312 g/mol. The van der Waals surface area contributed by atoms with Gasteiger partial charge in [0.25, 0.3) is 0 Å². The van der Waals surface area contributed by atoms with Gasteiger partial charge < -0.3 is 18.9 Å². The second-order valence-corrected chi connectivity index (χ2v) is 5.38. The second-order valence-electron chi connectivity index (χ2n) is 5.38. The standard InChI is InChI=1S/C19H20O4/c1-12-15-7-5-14(21-3)10-19(15)23-11-17(12)16-8-6-13(20-2)9-18(16)22-4/h5-12H,1-4H3. The fourth-order valence-corrected chi connectivity index (χ4v) is 2.83. The Morgan fingerprint density at radius 2 is 1.57 bits per heavy atom. The first-order valence-corrected chi connectivity index (χ1v) is 7.45. The molecule has 0 N–H and O–H groups in total. The molecule has 0 aliphatic carbocycles. The summed E-state index contributed by atoms with van der Waals surface area (Å²) < 4.78 is 21.9. The molecule has 1 heterocycles. The summed E-state index contributed by atoms with van der Waals surface area (Å²) in [6, 6.07) is 11.7. The first-order valence-electron chi connectivity index (χ1n) is 7.45. The largest absolute Gasteiger partial charge is 0.497 e. The van der Waals surface area contributed by atoms with Crippen LogP contribution in [-0.4, -0.2) is 21.3 Å². The Hall–Kier alpha value is -2.62. The third-order valence-electron chi connectivity index (χ3n) is 4.19. The molecule has 1 aliphatic heterocycles. The molecule has 0 saturated heterocycles. The van der Waals surface area contributed by atoms with Crippen LogP contribution in [0.5, 0.6) is 23.0 Å². The summed E-state index contributed by atoms with van der Waals surface area (Å²) in [7, 11) is 4.95. The van der Waals surface area contributed by atoms with Crippen LogP contribution in [0.4, 0.5) is 0 Å². The zero-order valence-electron chi connectivity index (χ0n) is 13.8. The summed E-state index contributed by atoms with van der Waals surface area (Å²) in [5.74, 6) is 3.33. The summed E-state index contributed by atoms with van der Waals surface area (Å²) in [6.07, 6.45) is 1.79. The minimum absolute atomic E-state index is 0.187. The Balaban J connectivity index is 2.01. The molecule has 120 valence electrons. The van der Waals surface area contributed by atoms with E-state index in [4.69, 9.17) is 18.9 Å². The third-order valence-corrected chi connectivity index (χ3v) is 4.19. The number of hydrogen-bond acceptors (Lipinski definition) is 4. The molecule has 1 unspecified atom stereocenters. The third kappa shape index (κ3) is 2.72. The SMILES string of the molecule is COc1ccc(C2=COc3cc(OC)ccc3C2C)c(OC)c1. The second kappa shape index (κ2) is 6.24. The van der Waals surface area contributed by atoms with E-state index in [1.54, 1.807) is 27.6 Å². The van der Waals surface area contributed by atoms with Crippen molar-refractivity contribution in [1.29, 1.82) is 0 Å². The Labute approximate surface area is 136 Å². The number of hydrogen-bond donors (Lipinski definition) is 0. The van der Waals surface area contributed by atoms with Gasteiger partial charge in [-0.2, -0.15) is 0 Å². The molecule has 2 aromatic rings. The highest BCUT2D eigenvalue weighted by atomic mass is 16.5. The van der Waals surface area contributed by atoms with Crippen LogP contribution >= 0.6 is 0 Å². The molecule has 23 heavy (non-hydrogen) atoms. The molecule has 1 atom stereocenters. The molecule has 4 nitrogen and oxygen atoms in total. The molecule has 0 fully saturated rings. The molecule has 0 saturated carbocycles. The molecule has 1 aliphatic rings. The van der Waals surface area contributed by atoms with E-state index in [0.29, 0.717) is 0 Å². The van der Waals surface area contributed by atoms with Crippen molar-refractivity contribution in [3.8, 4) is 23.0 Å². The Morgan fingerprint density at radius 1 is 0.870 bits per heavy atom. The number of rotatable bonds is 4. The van der Waals surface area contributed by atoms with E-state index >= 15 is 0 Å². The molecule has 2 aromatic carbocycles. The molecular formula is C19H20O4. The van der Waals surface area contributed by atoms with Crippen molar-refractivity contribution < 1.29 is 18.9 Å². The lowest BCUT2D eigenvalue weighted by atomic mass is 9.86. The highest BCUT2D eigenvalue weighted by Crippen LogP contribution is 2.44. The van der Waals surface area contributed by atoms with Crippen molar-refractivity contribution in [3.05, 3.63) is 53.8 Å². The number of methoxy groups -OCH3 is 3. The predicted molar refractivity (Wildman–Crippen MR) is 89.6 cm³/mol. The molecule has 0 amide bonds. The average Bonchev–Trinajstić information content (AvgIpc) is 2.61. The van der Waals surface area contributed by atoms with Crippen molar-refractivity contribution in [2.45, 2.75) is 12.8 Å². The highest BCUT2D eigenvalue weighted by molar-refractivity contribution is 5.77. The van der Waals surface area contributed by atoms with E-state index < -0.39 is 0 Å². The molecule has 3 rings (SSSR count). The van der Waals surface area contributed by atoms with E-state index in [9.17, 15) is 0 Å². The quantitative estimate of drug-likeness (QED) is 0.846. The zero-order valence-corrected chi connectivity index (χ0v) is 13.8. The van der Waals surface area contributed by atoms with Gasteiger partial charge in [0, 0.05) is 34.8 Å². The number of fused-ring (bicyclic) bond motifs is 1. The van der Waals surface area contributed by atoms with Crippen LogP contribution in [0.2, 0.25) is 0 Å². The maximum absolute atomic E-state index is 5.83. The summed E-state index contributed by atoms with van der Waals surface area (Å²) in [5.41, 5.74) is 3.20. The smallest absolute Gasteiger partial charge is 0.134 e. The van der Waals surface area contributed by atoms with Crippen LogP contribution in [0.3, 0.4) is 0 Å². The van der Waals surface area contributed by atoms with Crippen molar-refractivity contribution in [2.24, 2.45) is 0 Å². The molecule has 0 aromatic heterocycles. The van der Waals surface area contributed by atoms with Gasteiger partial charge in [0.15, 0.2) is 0 Å². The van der Waals surface area contributed by atoms with Gasteiger partial charge in [0.2, 0.25) is 0 Å². The van der Waals surface area contributed by atoms with Gasteiger partial charge in [-0.25, -0.2) is 0 Å². The first kappa shape index (κ1) is 15.3. The minimum Gasteiger partial charge on any atom is -0.497 e. The fourth-order valence-electron chi connectivity index (χ4n) is 2.83. The molecule has 0 bridgehead atoms. The van der Waals surface area contributed by atoms with Crippen molar-refractivity contribution in [2.75, 3.05) is 21.3 Å². The summed E-state index contributed by atoms with van der Waals surface area (Å²) in [6.45, 7) is 2.16. The number of allylic oxidation sites excluding steroid dienone is 1. The molecular weight excluding hydrogens is 292 g/mol. The van der Waals surface area contributed by atoms with E-state index in [1.807, 2.05) is 36.4 Å². The van der Waals surface area contributed by atoms with E-state index in [0.717, 1.165) is 39.7 Å². The van der Waals surface area contributed by atoms with Gasteiger partial charge in [-0.3, -0.25) is 0 Å². The summed E-state index contributed by atoms with van der Waals surface area (Å²) >= 11 is 0. The molecule has 0 radical (unpaired) electrons. The van der Waals surface area contributed by atoms with Crippen LogP contribution in [0.15, 0.2) is 42.7 Å². The number of benzene rings is 2.